The van der Waals surface area contributed by atoms with E-state index in [-0.39, 0.29) is 6.10 Å². The molecule has 0 aliphatic carbocycles. The summed E-state index contributed by atoms with van der Waals surface area (Å²) in [5, 5.41) is 10.9. The third-order valence-corrected chi connectivity index (χ3v) is 4.11. The van der Waals surface area contributed by atoms with E-state index >= 15 is 0 Å². The smallest absolute Gasteiger partial charge is 0.138 e. The van der Waals surface area contributed by atoms with Crippen molar-refractivity contribution in [3.05, 3.63) is 48.3 Å². The van der Waals surface area contributed by atoms with Gasteiger partial charge in [0.2, 0.25) is 0 Å². The molecule has 132 valence electrons. The summed E-state index contributed by atoms with van der Waals surface area (Å²) < 4.78 is 12.0. The van der Waals surface area contributed by atoms with Gasteiger partial charge in [0.15, 0.2) is 0 Å². The number of rotatable bonds is 6. The van der Waals surface area contributed by atoms with Crippen LogP contribution in [0.15, 0.2) is 47.0 Å². The molecular formula is C21H25NO3. The third-order valence-electron chi connectivity index (χ3n) is 4.11. The van der Waals surface area contributed by atoms with Gasteiger partial charge >= 0.3 is 0 Å². The molecule has 0 spiro atoms. The Balaban J connectivity index is 1.87. The van der Waals surface area contributed by atoms with E-state index < -0.39 is 5.60 Å². The first-order chi connectivity index (χ1) is 11.9. The maximum atomic E-state index is 9.91. The SMILES string of the molecule is CCc1ncccc1-c1cc2ccc(OC(C)CC(C)(C)O)cc2o1. The van der Waals surface area contributed by atoms with Crippen LogP contribution in [-0.4, -0.2) is 21.8 Å². The van der Waals surface area contributed by atoms with Crippen molar-refractivity contribution < 1.29 is 14.3 Å². The van der Waals surface area contributed by atoms with Crippen molar-refractivity contribution >= 4 is 11.0 Å². The molecule has 3 aromatic rings. The molecule has 2 heterocycles. The average Bonchev–Trinajstić information content (AvgIpc) is 2.96. The number of furan rings is 1. The second kappa shape index (κ2) is 6.89. The zero-order chi connectivity index (χ0) is 18.0. The Bertz CT molecular complexity index is 861. The summed E-state index contributed by atoms with van der Waals surface area (Å²) >= 11 is 0. The Kier molecular flexibility index (Phi) is 4.82. The molecule has 1 unspecified atom stereocenters. The van der Waals surface area contributed by atoms with Crippen molar-refractivity contribution in [2.45, 2.75) is 52.2 Å². The van der Waals surface area contributed by atoms with Crippen LogP contribution in [0.1, 0.15) is 39.8 Å². The van der Waals surface area contributed by atoms with Crippen LogP contribution in [0.3, 0.4) is 0 Å². The molecular weight excluding hydrogens is 314 g/mol. The molecule has 3 rings (SSSR count). The fourth-order valence-corrected chi connectivity index (χ4v) is 3.14. The largest absolute Gasteiger partial charge is 0.490 e. The quantitative estimate of drug-likeness (QED) is 0.688. The number of aryl methyl sites for hydroxylation is 1. The van der Waals surface area contributed by atoms with Gasteiger partial charge in [-0.1, -0.05) is 6.92 Å². The van der Waals surface area contributed by atoms with Gasteiger partial charge in [0.1, 0.15) is 17.1 Å². The van der Waals surface area contributed by atoms with Crippen LogP contribution in [0.2, 0.25) is 0 Å². The van der Waals surface area contributed by atoms with Crippen LogP contribution in [0.5, 0.6) is 5.75 Å². The molecule has 1 N–H and O–H groups in total. The molecule has 0 radical (unpaired) electrons. The van der Waals surface area contributed by atoms with Crippen molar-refractivity contribution in [2.75, 3.05) is 0 Å². The lowest BCUT2D eigenvalue weighted by molar-refractivity contribution is 0.0324. The van der Waals surface area contributed by atoms with Crippen LogP contribution < -0.4 is 4.74 Å². The third kappa shape index (κ3) is 4.20. The number of aromatic nitrogens is 1. The van der Waals surface area contributed by atoms with E-state index in [1.54, 1.807) is 20.0 Å². The van der Waals surface area contributed by atoms with Gasteiger partial charge in [0, 0.05) is 29.6 Å². The monoisotopic (exact) mass is 339 g/mol. The molecule has 0 aliphatic heterocycles. The van der Waals surface area contributed by atoms with Gasteiger partial charge in [0.05, 0.1) is 17.4 Å². The van der Waals surface area contributed by atoms with E-state index in [0.717, 1.165) is 40.2 Å². The molecule has 0 saturated heterocycles. The van der Waals surface area contributed by atoms with E-state index in [9.17, 15) is 5.11 Å². The van der Waals surface area contributed by atoms with E-state index in [2.05, 4.69) is 11.9 Å². The lowest BCUT2D eigenvalue weighted by Gasteiger charge is -2.22. The fourth-order valence-electron chi connectivity index (χ4n) is 3.14. The molecule has 1 atom stereocenters. The van der Waals surface area contributed by atoms with Gasteiger partial charge in [-0.2, -0.15) is 0 Å². The molecule has 4 nitrogen and oxygen atoms in total. The Morgan fingerprint density at radius 3 is 2.76 bits per heavy atom. The number of ether oxygens (including phenoxy) is 1. The van der Waals surface area contributed by atoms with Crippen LogP contribution in [0.25, 0.3) is 22.3 Å². The Morgan fingerprint density at radius 2 is 2.04 bits per heavy atom. The van der Waals surface area contributed by atoms with Crippen LogP contribution in [0.4, 0.5) is 0 Å². The number of fused-ring (bicyclic) bond motifs is 1. The number of benzene rings is 1. The predicted octanol–water partition coefficient (Wildman–Crippen LogP) is 4.99. The zero-order valence-corrected chi connectivity index (χ0v) is 15.2. The number of nitrogens with zero attached hydrogens (tertiary/aromatic N) is 1. The minimum Gasteiger partial charge on any atom is -0.490 e. The summed E-state index contributed by atoms with van der Waals surface area (Å²) in [6, 6.07) is 11.8. The second-order valence-corrected chi connectivity index (χ2v) is 7.11. The summed E-state index contributed by atoms with van der Waals surface area (Å²) in [6.07, 6.45) is 3.14. The Labute approximate surface area is 148 Å². The van der Waals surface area contributed by atoms with Crippen LogP contribution in [0, 0.1) is 0 Å². The van der Waals surface area contributed by atoms with E-state index in [1.807, 2.05) is 43.3 Å². The Hall–Kier alpha value is -2.33. The maximum Gasteiger partial charge on any atom is 0.138 e. The standard InChI is InChI=1S/C21H25NO3/c1-5-18-17(7-6-10-22-18)20-11-15-8-9-16(12-19(15)25-20)24-14(2)13-21(3,4)23/h6-12,14,23H,5,13H2,1-4H3. The molecule has 2 aromatic heterocycles. The highest BCUT2D eigenvalue weighted by molar-refractivity contribution is 5.84. The first-order valence-corrected chi connectivity index (χ1v) is 8.72. The molecule has 1 aromatic carbocycles. The summed E-state index contributed by atoms with van der Waals surface area (Å²) in [5.74, 6) is 1.56. The summed E-state index contributed by atoms with van der Waals surface area (Å²) in [7, 11) is 0. The van der Waals surface area contributed by atoms with Gasteiger partial charge in [0.25, 0.3) is 0 Å². The predicted molar refractivity (Wildman–Crippen MR) is 99.8 cm³/mol. The molecule has 0 fully saturated rings. The van der Waals surface area contributed by atoms with Gasteiger partial charge in [-0.3, -0.25) is 4.98 Å². The maximum absolute atomic E-state index is 9.91. The van der Waals surface area contributed by atoms with E-state index in [0.29, 0.717) is 6.42 Å². The van der Waals surface area contributed by atoms with Crippen LogP contribution >= 0.6 is 0 Å². The van der Waals surface area contributed by atoms with Gasteiger partial charge in [-0.15, -0.1) is 0 Å². The first-order valence-electron chi connectivity index (χ1n) is 8.72. The topological polar surface area (TPSA) is 55.5 Å². The number of pyridine rings is 1. The van der Waals surface area contributed by atoms with E-state index in [1.165, 1.54) is 0 Å². The molecule has 0 saturated carbocycles. The van der Waals surface area contributed by atoms with Gasteiger partial charge in [-0.25, -0.2) is 0 Å². The molecule has 0 aliphatic rings. The van der Waals surface area contributed by atoms with Gasteiger partial charge in [-0.05, 0) is 57.5 Å². The summed E-state index contributed by atoms with van der Waals surface area (Å²) in [4.78, 5) is 4.43. The highest BCUT2D eigenvalue weighted by atomic mass is 16.5. The fraction of sp³-hybridized carbons (Fsp3) is 0.381. The first kappa shape index (κ1) is 17.5. The molecule has 25 heavy (non-hydrogen) atoms. The van der Waals surface area contributed by atoms with Crippen LogP contribution in [-0.2, 0) is 6.42 Å². The van der Waals surface area contributed by atoms with Crippen molar-refractivity contribution in [3.63, 3.8) is 0 Å². The summed E-state index contributed by atoms with van der Waals surface area (Å²) in [6.45, 7) is 7.62. The molecule has 4 heteroatoms. The minimum absolute atomic E-state index is 0.0862. The van der Waals surface area contributed by atoms with Crippen molar-refractivity contribution in [3.8, 4) is 17.1 Å². The number of hydrogen-bond donors (Lipinski definition) is 1. The molecule has 0 amide bonds. The minimum atomic E-state index is -0.752. The highest BCUT2D eigenvalue weighted by Crippen LogP contribution is 2.32. The van der Waals surface area contributed by atoms with Crippen molar-refractivity contribution in [2.24, 2.45) is 0 Å². The zero-order valence-electron chi connectivity index (χ0n) is 15.2. The van der Waals surface area contributed by atoms with Gasteiger partial charge < -0.3 is 14.3 Å². The highest BCUT2D eigenvalue weighted by Gasteiger charge is 2.19. The average molecular weight is 339 g/mol. The lowest BCUT2D eigenvalue weighted by Crippen LogP contribution is -2.27. The normalized spacial score (nSPS) is 13.2. The number of hydrogen-bond acceptors (Lipinski definition) is 4. The van der Waals surface area contributed by atoms with Crippen molar-refractivity contribution in [1.29, 1.82) is 0 Å². The second-order valence-electron chi connectivity index (χ2n) is 7.11. The lowest BCUT2D eigenvalue weighted by atomic mass is 10.0. The summed E-state index contributed by atoms with van der Waals surface area (Å²) in [5.41, 5.74) is 2.09. The van der Waals surface area contributed by atoms with Crippen molar-refractivity contribution in [1.82, 2.24) is 4.98 Å². The number of aliphatic hydroxyl groups is 1. The molecule has 0 bridgehead atoms. The Morgan fingerprint density at radius 1 is 1.24 bits per heavy atom. The van der Waals surface area contributed by atoms with E-state index in [4.69, 9.17) is 9.15 Å².